The summed E-state index contributed by atoms with van der Waals surface area (Å²) in [5.41, 5.74) is 2.16. The van der Waals surface area contributed by atoms with Crippen LogP contribution in [-0.2, 0) is 20.9 Å². The van der Waals surface area contributed by atoms with Crippen LogP contribution in [0.3, 0.4) is 0 Å². The van der Waals surface area contributed by atoms with Gasteiger partial charge in [0.2, 0.25) is 11.8 Å². The number of carbonyl (C=O) groups excluding carboxylic acids is 3. The molecule has 2 amide bonds. The molecule has 9 nitrogen and oxygen atoms in total. The van der Waals surface area contributed by atoms with Crippen LogP contribution in [0.25, 0.3) is 22.0 Å². The fourth-order valence-corrected chi connectivity index (χ4v) is 7.55. The Hall–Kier alpha value is -4.58. The molecule has 12 heteroatoms. The van der Waals surface area contributed by atoms with Crippen LogP contribution in [-0.4, -0.2) is 61.1 Å². The summed E-state index contributed by atoms with van der Waals surface area (Å²) in [5, 5.41) is 6.60. The van der Waals surface area contributed by atoms with Crippen molar-refractivity contribution in [3.63, 3.8) is 0 Å². The van der Waals surface area contributed by atoms with Crippen LogP contribution >= 0.6 is 11.6 Å². The van der Waals surface area contributed by atoms with E-state index in [4.69, 9.17) is 21.1 Å². The number of para-hydroxylation sites is 1. The zero-order chi connectivity index (χ0) is 34.9. The lowest BCUT2D eigenvalue weighted by atomic mass is 9.93. The summed E-state index contributed by atoms with van der Waals surface area (Å²) < 4.78 is 44.0. The topological polar surface area (TPSA) is 102 Å². The standard InChI is InChI=1S/C38H37ClF2N4O5/c1-49-25-11-9-23(10-12-25)42-13-3-7-33(46)43-36-30(40)17-22(18-31(36)41)38(48)28-21-44-15-16-50-32-20-24(45-14-4-8-34(45)47)19-29(39)35(32)27-6-2-5-26(28)37(27)44/h2-3,5-7,17-21,23,25,42H,4,8-16H2,1H3,(H,43,46)/b7-3+. The van der Waals surface area contributed by atoms with Crippen molar-refractivity contribution in [1.29, 1.82) is 0 Å². The smallest absolute Gasteiger partial charge is 0.248 e. The van der Waals surface area contributed by atoms with Gasteiger partial charge in [-0.2, -0.15) is 0 Å². The average Bonchev–Trinajstić information content (AvgIpc) is 3.70. The zero-order valence-electron chi connectivity index (χ0n) is 27.6. The van der Waals surface area contributed by atoms with Gasteiger partial charge < -0.3 is 29.6 Å². The maximum Gasteiger partial charge on any atom is 0.248 e. The minimum Gasteiger partial charge on any atom is -0.491 e. The lowest BCUT2D eigenvalue weighted by Gasteiger charge is -2.27. The summed E-state index contributed by atoms with van der Waals surface area (Å²) in [6, 6.07) is 11.2. The number of fused-ring (bicyclic) bond motifs is 2. The third-order valence-corrected chi connectivity index (χ3v) is 10.1. The number of nitrogens with one attached hydrogen (secondary N) is 2. The van der Waals surface area contributed by atoms with E-state index in [0.29, 0.717) is 59.5 Å². The molecule has 1 saturated carbocycles. The molecule has 3 aromatic carbocycles. The molecule has 3 aliphatic rings. The van der Waals surface area contributed by atoms with Gasteiger partial charge >= 0.3 is 0 Å². The number of aromatic nitrogens is 1. The number of ether oxygens (including phenoxy) is 2. The van der Waals surface area contributed by atoms with E-state index in [0.717, 1.165) is 55.3 Å². The Morgan fingerprint density at radius 3 is 2.58 bits per heavy atom. The summed E-state index contributed by atoms with van der Waals surface area (Å²) in [5.74, 6) is -2.84. The first kappa shape index (κ1) is 33.9. The average molecular weight is 703 g/mol. The Kier molecular flexibility index (Phi) is 9.72. The molecule has 1 aliphatic carbocycles. The lowest BCUT2D eigenvalue weighted by molar-refractivity contribution is -0.117. The number of carbonyl (C=O) groups is 3. The highest BCUT2D eigenvalue weighted by molar-refractivity contribution is 6.34. The molecule has 7 rings (SSSR count). The molecule has 50 heavy (non-hydrogen) atoms. The molecule has 3 heterocycles. The minimum atomic E-state index is -1.06. The summed E-state index contributed by atoms with van der Waals surface area (Å²) in [6.45, 7) is 1.69. The predicted octanol–water partition coefficient (Wildman–Crippen LogP) is 7.03. The van der Waals surface area contributed by atoms with E-state index in [1.165, 1.54) is 6.08 Å². The second kappa shape index (κ2) is 14.3. The van der Waals surface area contributed by atoms with Gasteiger partial charge in [-0.3, -0.25) is 14.4 Å². The lowest BCUT2D eigenvalue weighted by Crippen LogP contribution is -2.35. The molecular weight excluding hydrogens is 666 g/mol. The van der Waals surface area contributed by atoms with Crippen LogP contribution in [0, 0.1) is 11.6 Å². The Bertz CT molecular complexity index is 2000. The molecule has 4 aromatic rings. The predicted molar refractivity (Wildman–Crippen MR) is 188 cm³/mol. The first-order chi connectivity index (χ1) is 24.2. The van der Waals surface area contributed by atoms with Crippen molar-refractivity contribution in [1.82, 2.24) is 9.88 Å². The summed E-state index contributed by atoms with van der Waals surface area (Å²) >= 11 is 6.86. The molecule has 0 unspecified atom stereocenters. The minimum absolute atomic E-state index is 0.0330. The number of anilines is 2. The van der Waals surface area contributed by atoms with E-state index in [1.807, 2.05) is 16.7 Å². The number of nitrogens with zero attached hydrogens (tertiary/aromatic N) is 2. The molecule has 260 valence electrons. The van der Waals surface area contributed by atoms with Gasteiger partial charge in [0.05, 0.1) is 23.2 Å². The summed E-state index contributed by atoms with van der Waals surface area (Å²) in [4.78, 5) is 40.5. The van der Waals surface area contributed by atoms with Gasteiger partial charge in [0, 0.05) is 84.3 Å². The van der Waals surface area contributed by atoms with Crippen LogP contribution in [0.15, 0.2) is 60.8 Å². The number of hydrogen-bond donors (Lipinski definition) is 2. The molecule has 1 saturated heterocycles. The van der Waals surface area contributed by atoms with Gasteiger partial charge in [0.1, 0.15) is 29.7 Å². The van der Waals surface area contributed by atoms with Crippen LogP contribution < -0.4 is 20.3 Å². The van der Waals surface area contributed by atoms with E-state index in [1.54, 1.807) is 42.5 Å². The van der Waals surface area contributed by atoms with E-state index in [-0.39, 0.29) is 29.7 Å². The highest BCUT2D eigenvalue weighted by Crippen LogP contribution is 2.45. The zero-order valence-corrected chi connectivity index (χ0v) is 28.3. The molecule has 2 aliphatic heterocycles. The Balaban J connectivity index is 1.10. The van der Waals surface area contributed by atoms with Crippen LogP contribution in [0.4, 0.5) is 20.2 Å². The van der Waals surface area contributed by atoms with Crippen molar-refractivity contribution < 1.29 is 32.6 Å². The monoisotopic (exact) mass is 702 g/mol. The van der Waals surface area contributed by atoms with Gasteiger partial charge in [-0.1, -0.05) is 35.9 Å². The Morgan fingerprint density at radius 2 is 1.86 bits per heavy atom. The number of benzene rings is 3. The van der Waals surface area contributed by atoms with E-state index in [9.17, 15) is 14.4 Å². The van der Waals surface area contributed by atoms with Gasteiger partial charge in [-0.15, -0.1) is 0 Å². The van der Waals surface area contributed by atoms with E-state index < -0.39 is 29.0 Å². The fourth-order valence-electron chi connectivity index (χ4n) is 7.24. The molecule has 1 aromatic heterocycles. The third-order valence-electron chi connectivity index (χ3n) is 9.78. The SMILES string of the molecule is COC1CCC(NC/C=C/C(=O)Nc2c(F)cc(C(=O)c3cn4c5c(cccc35)-c3c(Cl)cc(N5CCCC5=O)cc3OCC4)cc2F)CC1. The molecule has 2 N–H and O–H groups in total. The summed E-state index contributed by atoms with van der Waals surface area (Å²) in [6.07, 6.45) is 9.93. The van der Waals surface area contributed by atoms with E-state index >= 15 is 8.78 Å². The number of ketones is 1. The highest BCUT2D eigenvalue weighted by Gasteiger charge is 2.28. The maximum atomic E-state index is 15.3. The molecule has 0 bridgehead atoms. The van der Waals surface area contributed by atoms with Crippen LogP contribution in [0.5, 0.6) is 5.75 Å². The van der Waals surface area contributed by atoms with Crippen molar-refractivity contribution in [3.05, 3.63) is 88.6 Å². The van der Waals surface area contributed by atoms with Crippen LogP contribution in [0.1, 0.15) is 54.4 Å². The molecule has 0 radical (unpaired) electrons. The summed E-state index contributed by atoms with van der Waals surface area (Å²) in [7, 11) is 1.72. The van der Waals surface area contributed by atoms with Crippen molar-refractivity contribution in [2.45, 2.75) is 57.2 Å². The fraction of sp³-hybridized carbons (Fsp3) is 0.342. The van der Waals surface area contributed by atoms with Crippen molar-refractivity contribution in [2.24, 2.45) is 0 Å². The first-order valence-electron chi connectivity index (χ1n) is 16.9. The van der Waals surface area contributed by atoms with E-state index in [2.05, 4.69) is 10.6 Å². The Labute approximate surface area is 293 Å². The quantitative estimate of drug-likeness (QED) is 0.144. The van der Waals surface area contributed by atoms with Gasteiger partial charge in [0.15, 0.2) is 5.78 Å². The second-order valence-corrected chi connectivity index (χ2v) is 13.3. The molecule has 0 spiro atoms. The van der Waals surface area contributed by atoms with Crippen molar-refractivity contribution >= 4 is 51.5 Å². The number of amides is 2. The van der Waals surface area contributed by atoms with Gasteiger partial charge in [-0.25, -0.2) is 8.78 Å². The third kappa shape index (κ3) is 6.65. The largest absolute Gasteiger partial charge is 0.491 e. The van der Waals surface area contributed by atoms with Gasteiger partial charge in [-0.05, 0) is 50.3 Å². The molecular formula is C38H37ClF2N4O5. The highest BCUT2D eigenvalue weighted by atomic mass is 35.5. The number of hydrogen-bond acceptors (Lipinski definition) is 6. The van der Waals surface area contributed by atoms with Crippen molar-refractivity contribution in [3.8, 4) is 16.9 Å². The Morgan fingerprint density at radius 1 is 1.08 bits per heavy atom. The van der Waals surface area contributed by atoms with Crippen LogP contribution in [0.2, 0.25) is 5.02 Å². The maximum absolute atomic E-state index is 15.3. The number of rotatable bonds is 9. The number of halogens is 3. The molecule has 0 atom stereocenters. The second-order valence-electron chi connectivity index (χ2n) is 12.9. The number of methoxy groups -OCH3 is 1. The van der Waals surface area contributed by atoms with Gasteiger partial charge in [0.25, 0.3) is 0 Å². The van der Waals surface area contributed by atoms with Crippen molar-refractivity contribution in [2.75, 3.05) is 37.0 Å². The molecule has 2 fully saturated rings. The normalized spacial score (nSPS) is 19.0. The first-order valence-corrected chi connectivity index (χ1v) is 17.3.